The van der Waals surface area contributed by atoms with Gasteiger partial charge in [0.1, 0.15) is 11.4 Å². The first-order valence-electron chi connectivity index (χ1n) is 11.9. The van der Waals surface area contributed by atoms with Crippen molar-refractivity contribution in [1.82, 2.24) is 14.5 Å². The van der Waals surface area contributed by atoms with E-state index in [9.17, 15) is 14.4 Å². The molecule has 0 radical (unpaired) electrons. The van der Waals surface area contributed by atoms with Crippen LogP contribution in [0.5, 0.6) is 17.2 Å². The molecule has 3 heterocycles. The summed E-state index contributed by atoms with van der Waals surface area (Å²) in [5, 5.41) is 5.35. The zero-order valence-corrected chi connectivity index (χ0v) is 22.7. The van der Waals surface area contributed by atoms with Gasteiger partial charge in [-0.3, -0.25) is 9.59 Å². The van der Waals surface area contributed by atoms with Crippen LogP contribution in [0, 0.1) is 0 Å². The van der Waals surface area contributed by atoms with E-state index in [2.05, 4.69) is 10.3 Å². The van der Waals surface area contributed by atoms with Crippen molar-refractivity contribution >= 4 is 34.8 Å². The number of likely N-dealkylation sites (tertiary alicyclic amines) is 1. The van der Waals surface area contributed by atoms with Gasteiger partial charge in [0.05, 0.1) is 44.7 Å². The van der Waals surface area contributed by atoms with Crippen molar-refractivity contribution in [1.29, 1.82) is 0 Å². The summed E-state index contributed by atoms with van der Waals surface area (Å²) in [5.74, 6) is 0.351. The highest BCUT2D eigenvalue weighted by Gasteiger charge is 2.30. The summed E-state index contributed by atoms with van der Waals surface area (Å²) in [7, 11) is 7.52. The number of nitrogens with one attached hydrogen (secondary N) is 1. The minimum absolute atomic E-state index is 0.139. The summed E-state index contributed by atoms with van der Waals surface area (Å²) >= 11 is 1.43. The Morgan fingerprint density at radius 1 is 1.03 bits per heavy atom. The molecule has 0 saturated carbocycles. The van der Waals surface area contributed by atoms with Crippen LogP contribution in [0.25, 0.3) is 0 Å². The molecule has 1 aliphatic heterocycles. The van der Waals surface area contributed by atoms with E-state index in [4.69, 9.17) is 18.9 Å². The van der Waals surface area contributed by atoms with Gasteiger partial charge in [0.15, 0.2) is 11.5 Å². The van der Waals surface area contributed by atoms with Gasteiger partial charge in [-0.15, -0.1) is 11.3 Å². The summed E-state index contributed by atoms with van der Waals surface area (Å²) in [6.07, 6.45) is 3.08. The number of thiazole rings is 1. The van der Waals surface area contributed by atoms with E-state index in [-0.39, 0.29) is 17.7 Å². The standard InChI is InChI=1S/C26H30N4O7S/c1-29-13-16(12-19(29)26(33)37-5)27-23(31)18-14-38-24(28-18)15-8-10-30(11-9-15)25(32)17-6-7-20(34-2)22(36-4)21(17)35-3/h6-7,12-15H,8-11H2,1-5H3,(H,27,31). The minimum Gasteiger partial charge on any atom is -0.493 e. The van der Waals surface area contributed by atoms with Crippen molar-refractivity contribution < 1.29 is 33.3 Å². The highest BCUT2D eigenvalue weighted by Crippen LogP contribution is 2.41. The predicted octanol–water partition coefficient (Wildman–Crippen LogP) is 3.57. The maximum absolute atomic E-state index is 13.3. The topological polar surface area (TPSA) is 121 Å². The Morgan fingerprint density at radius 3 is 2.37 bits per heavy atom. The quantitative estimate of drug-likeness (QED) is 0.429. The maximum atomic E-state index is 13.3. The first kappa shape index (κ1) is 27.0. The molecule has 1 saturated heterocycles. The average molecular weight is 543 g/mol. The SMILES string of the molecule is COC(=O)c1cc(NC(=O)c2csc(C3CCN(C(=O)c4ccc(OC)c(OC)c4OC)CC3)n2)cn1C. The van der Waals surface area contributed by atoms with Crippen LogP contribution < -0.4 is 19.5 Å². The minimum atomic E-state index is -0.488. The van der Waals surface area contributed by atoms with Gasteiger partial charge in [-0.05, 0) is 31.0 Å². The lowest BCUT2D eigenvalue weighted by Crippen LogP contribution is -2.38. The fourth-order valence-electron chi connectivity index (χ4n) is 4.48. The van der Waals surface area contributed by atoms with E-state index in [0.717, 1.165) is 17.8 Å². The van der Waals surface area contributed by atoms with Gasteiger partial charge in [-0.25, -0.2) is 9.78 Å². The van der Waals surface area contributed by atoms with Crippen molar-refractivity contribution in [3.63, 3.8) is 0 Å². The number of nitrogens with zero attached hydrogens (tertiary/aromatic N) is 3. The molecule has 0 spiro atoms. The number of anilines is 1. The Morgan fingerprint density at radius 2 is 1.74 bits per heavy atom. The van der Waals surface area contributed by atoms with E-state index in [1.54, 1.807) is 46.3 Å². The van der Waals surface area contributed by atoms with Gasteiger partial charge in [0.2, 0.25) is 5.75 Å². The van der Waals surface area contributed by atoms with E-state index >= 15 is 0 Å². The highest BCUT2D eigenvalue weighted by molar-refractivity contribution is 7.10. The number of hydrogen-bond donors (Lipinski definition) is 1. The van der Waals surface area contributed by atoms with Crippen molar-refractivity contribution in [2.24, 2.45) is 7.05 Å². The molecule has 4 rings (SSSR count). The van der Waals surface area contributed by atoms with E-state index in [0.29, 0.717) is 53.0 Å². The lowest BCUT2D eigenvalue weighted by molar-refractivity contribution is 0.0589. The molecule has 38 heavy (non-hydrogen) atoms. The van der Waals surface area contributed by atoms with Crippen LogP contribution >= 0.6 is 11.3 Å². The van der Waals surface area contributed by atoms with Gasteiger partial charge >= 0.3 is 5.97 Å². The average Bonchev–Trinajstić information content (AvgIpc) is 3.58. The number of carbonyl (C=O) groups is 3. The number of ether oxygens (including phenoxy) is 4. The van der Waals surface area contributed by atoms with Crippen molar-refractivity contribution in [3.8, 4) is 17.2 Å². The first-order chi connectivity index (χ1) is 18.3. The van der Waals surface area contributed by atoms with Crippen molar-refractivity contribution in [2.75, 3.05) is 46.8 Å². The van der Waals surface area contributed by atoms with Crippen LogP contribution in [0.4, 0.5) is 5.69 Å². The normalized spacial score (nSPS) is 13.7. The number of aryl methyl sites for hydroxylation is 1. The van der Waals surface area contributed by atoms with Crippen LogP contribution in [0.3, 0.4) is 0 Å². The molecule has 1 aliphatic rings. The lowest BCUT2D eigenvalue weighted by atomic mass is 9.97. The predicted molar refractivity (Wildman–Crippen MR) is 141 cm³/mol. The Balaban J connectivity index is 1.39. The molecule has 11 nitrogen and oxygen atoms in total. The van der Waals surface area contributed by atoms with Crippen LogP contribution in [0.2, 0.25) is 0 Å². The molecule has 0 atom stereocenters. The molecule has 3 aromatic rings. The zero-order valence-electron chi connectivity index (χ0n) is 21.9. The van der Waals surface area contributed by atoms with E-state index in [1.807, 2.05) is 0 Å². The number of esters is 1. The van der Waals surface area contributed by atoms with Gasteiger partial charge in [-0.2, -0.15) is 0 Å². The third kappa shape index (κ3) is 5.30. The van der Waals surface area contributed by atoms with Gasteiger partial charge in [-0.1, -0.05) is 0 Å². The molecule has 12 heteroatoms. The van der Waals surface area contributed by atoms with Gasteiger partial charge in [0.25, 0.3) is 11.8 Å². The molecule has 0 aliphatic carbocycles. The Labute approximate surface area is 224 Å². The van der Waals surface area contributed by atoms with Crippen LogP contribution in [-0.4, -0.2) is 73.8 Å². The largest absolute Gasteiger partial charge is 0.493 e. The molecule has 1 fully saturated rings. The van der Waals surface area contributed by atoms with Crippen molar-refractivity contribution in [2.45, 2.75) is 18.8 Å². The summed E-state index contributed by atoms with van der Waals surface area (Å²) in [6.45, 7) is 1.09. The van der Waals surface area contributed by atoms with Crippen LogP contribution in [0.1, 0.15) is 55.1 Å². The van der Waals surface area contributed by atoms with Crippen LogP contribution in [0.15, 0.2) is 29.8 Å². The summed E-state index contributed by atoms with van der Waals surface area (Å²) < 4.78 is 22.5. The highest BCUT2D eigenvalue weighted by atomic mass is 32.1. The van der Waals surface area contributed by atoms with Crippen LogP contribution in [-0.2, 0) is 11.8 Å². The number of rotatable bonds is 8. The monoisotopic (exact) mass is 542 g/mol. The summed E-state index contributed by atoms with van der Waals surface area (Å²) in [4.78, 5) is 44.2. The molecule has 2 aromatic heterocycles. The van der Waals surface area contributed by atoms with E-state index < -0.39 is 5.97 Å². The zero-order chi connectivity index (χ0) is 27.4. The third-order valence-corrected chi connectivity index (χ3v) is 7.49. The number of carbonyl (C=O) groups excluding carboxylic acids is 3. The Kier molecular flexibility index (Phi) is 8.20. The number of amides is 2. The number of hydrogen-bond acceptors (Lipinski definition) is 9. The summed E-state index contributed by atoms with van der Waals surface area (Å²) in [5.41, 5.74) is 1.52. The fourth-order valence-corrected chi connectivity index (χ4v) is 5.46. The molecule has 0 unspecified atom stereocenters. The second-order valence-electron chi connectivity index (χ2n) is 8.69. The molecule has 202 valence electrons. The van der Waals surface area contributed by atoms with E-state index in [1.165, 1.54) is 39.8 Å². The lowest BCUT2D eigenvalue weighted by Gasteiger charge is -2.31. The number of aromatic nitrogens is 2. The molecular weight excluding hydrogens is 512 g/mol. The fraction of sp³-hybridized carbons (Fsp3) is 0.385. The number of piperidine rings is 1. The third-order valence-electron chi connectivity index (χ3n) is 6.48. The Hall–Kier alpha value is -4.06. The molecule has 1 N–H and O–H groups in total. The molecular formula is C26H30N4O7S. The molecule has 0 bridgehead atoms. The number of benzene rings is 1. The van der Waals surface area contributed by atoms with Crippen molar-refractivity contribution in [3.05, 3.63) is 51.7 Å². The maximum Gasteiger partial charge on any atom is 0.354 e. The smallest absolute Gasteiger partial charge is 0.354 e. The van der Waals surface area contributed by atoms with Gasteiger partial charge < -0.3 is 33.7 Å². The second kappa shape index (κ2) is 11.5. The Bertz CT molecular complexity index is 1340. The molecule has 2 amide bonds. The summed E-state index contributed by atoms with van der Waals surface area (Å²) in [6, 6.07) is 4.92. The second-order valence-corrected chi connectivity index (χ2v) is 9.58. The first-order valence-corrected chi connectivity index (χ1v) is 12.8. The molecule has 1 aromatic carbocycles. The number of methoxy groups -OCH3 is 4. The van der Waals surface area contributed by atoms with Gasteiger partial charge in [0, 0.05) is 37.6 Å².